The fourth-order valence-corrected chi connectivity index (χ4v) is 2.71. The van der Waals surface area contributed by atoms with Crippen LogP contribution in [0, 0.1) is 6.92 Å². The van der Waals surface area contributed by atoms with Gasteiger partial charge in [-0.05, 0) is 24.6 Å². The lowest BCUT2D eigenvalue weighted by atomic mass is 10.2. The molecule has 0 saturated heterocycles. The minimum atomic E-state index is -0.0166. The summed E-state index contributed by atoms with van der Waals surface area (Å²) in [4.78, 5) is 16.1. The molecule has 0 radical (unpaired) electrons. The van der Waals surface area contributed by atoms with Crippen LogP contribution in [-0.4, -0.2) is 21.2 Å². The van der Waals surface area contributed by atoms with E-state index in [0.717, 1.165) is 16.4 Å². The van der Waals surface area contributed by atoms with Crippen molar-refractivity contribution in [3.63, 3.8) is 0 Å². The van der Waals surface area contributed by atoms with Gasteiger partial charge in [0.2, 0.25) is 5.91 Å². The number of carbonyl (C=O) groups excluding carboxylic acids is 1. The number of halogens is 1. The number of nitrogens with zero attached hydrogens (tertiary/aromatic N) is 2. The first kappa shape index (κ1) is 14.9. The lowest BCUT2D eigenvalue weighted by molar-refractivity contribution is -0.115. The summed E-state index contributed by atoms with van der Waals surface area (Å²) < 4.78 is 1.93. The maximum Gasteiger partial charge on any atom is 0.225 e. The zero-order valence-electron chi connectivity index (χ0n) is 11.4. The highest BCUT2D eigenvalue weighted by Gasteiger charge is 2.07. The first-order valence-corrected chi connectivity index (χ1v) is 7.59. The summed E-state index contributed by atoms with van der Waals surface area (Å²) in [6, 6.07) is 5.46. The molecule has 4 nitrogen and oxygen atoms in total. The van der Waals surface area contributed by atoms with E-state index in [-0.39, 0.29) is 5.91 Å². The van der Waals surface area contributed by atoms with Crippen molar-refractivity contribution in [1.29, 1.82) is 0 Å². The molecule has 1 amide bonds. The molecular weight excluding hydrogens is 294 g/mol. The quantitative estimate of drug-likeness (QED) is 0.860. The molecule has 0 saturated carbocycles. The van der Waals surface area contributed by atoms with Gasteiger partial charge < -0.3 is 9.88 Å². The first-order chi connectivity index (χ1) is 9.56. The van der Waals surface area contributed by atoms with Crippen LogP contribution >= 0.6 is 23.4 Å². The van der Waals surface area contributed by atoms with E-state index in [1.165, 1.54) is 0 Å². The van der Waals surface area contributed by atoms with Crippen molar-refractivity contribution in [1.82, 2.24) is 9.55 Å². The van der Waals surface area contributed by atoms with E-state index < -0.39 is 0 Å². The molecule has 0 aliphatic heterocycles. The Hall–Kier alpha value is -1.46. The Balaban J connectivity index is 1.84. The number of amides is 1. The van der Waals surface area contributed by atoms with Crippen LogP contribution in [0.25, 0.3) is 0 Å². The third-order valence-electron chi connectivity index (χ3n) is 2.81. The van der Waals surface area contributed by atoms with E-state index in [4.69, 9.17) is 11.6 Å². The number of rotatable bonds is 5. The summed E-state index contributed by atoms with van der Waals surface area (Å²) in [7, 11) is 1.94. The monoisotopic (exact) mass is 309 g/mol. The van der Waals surface area contributed by atoms with Gasteiger partial charge in [-0.15, -0.1) is 0 Å². The van der Waals surface area contributed by atoms with Gasteiger partial charge in [0, 0.05) is 42.3 Å². The molecule has 1 aromatic carbocycles. The van der Waals surface area contributed by atoms with Crippen molar-refractivity contribution < 1.29 is 4.79 Å². The number of hydrogen-bond donors (Lipinski definition) is 1. The maximum absolute atomic E-state index is 11.9. The highest BCUT2D eigenvalue weighted by molar-refractivity contribution is 7.99. The second kappa shape index (κ2) is 6.81. The van der Waals surface area contributed by atoms with Gasteiger partial charge in [-0.3, -0.25) is 4.79 Å². The van der Waals surface area contributed by atoms with Crippen LogP contribution in [0.15, 0.2) is 35.7 Å². The number of hydrogen-bond acceptors (Lipinski definition) is 3. The molecule has 0 fully saturated rings. The first-order valence-electron chi connectivity index (χ1n) is 6.22. The van der Waals surface area contributed by atoms with Crippen LogP contribution in [0.1, 0.15) is 12.0 Å². The van der Waals surface area contributed by atoms with Gasteiger partial charge >= 0.3 is 0 Å². The summed E-state index contributed by atoms with van der Waals surface area (Å²) in [5.41, 5.74) is 1.77. The summed E-state index contributed by atoms with van der Waals surface area (Å²) in [5, 5.41) is 4.41. The van der Waals surface area contributed by atoms with Crippen molar-refractivity contribution in [2.75, 3.05) is 11.1 Å². The fourth-order valence-electron chi connectivity index (χ4n) is 1.67. The lowest BCUT2D eigenvalue weighted by Crippen LogP contribution is -2.13. The van der Waals surface area contributed by atoms with Gasteiger partial charge in [0.1, 0.15) is 0 Å². The Bertz CT molecular complexity index is 612. The minimum Gasteiger partial charge on any atom is -0.329 e. The van der Waals surface area contributed by atoms with Gasteiger partial charge in [-0.2, -0.15) is 0 Å². The van der Waals surface area contributed by atoms with E-state index in [1.807, 2.05) is 36.9 Å². The SMILES string of the molecule is Cc1ccc(Cl)cc1NC(=O)CCSc1nccn1C. The molecule has 0 spiro atoms. The molecule has 0 unspecified atom stereocenters. The van der Waals surface area contributed by atoms with Crippen LogP contribution in [0.2, 0.25) is 5.02 Å². The van der Waals surface area contributed by atoms with E-state index >= 15 is 0 Å². The van der Waals surface area contributed by atoms with E-state index in [1.54, 1.807) is 24.0 Å². The fraction of sp³-hybridized carbons (Fsp3) is 0.286. The van der Waals surface area contributed by atoms with Gasteiger partial charge in [-0.25, -0.2) is 4.98 Å². The molecule has 0 bridgehead atoms. The molecule has 1 aromatic heterocycles. The highest BCUT2D eigenvalue weighted by atomic mass is 35.5. The van der Waals surface area contributed by atoms with Crippen LogP contribution in [0.3, 0.4) is 0 Å². The maximum atomic E-state index is 11.9. The molecule has 0 atom stereocenters. The largest absolute Gasteiger partial charge is 0.329 e. The number of aromatic nitrogens is 2. The zero-order chi connectivity index (χ0) is 14.5. The Morgan fingerprint density at radius 2 is 2.30 bits per heavy atom. The molecule has 0 aliphatic carbocycles. The molecule has 1 N–H and O–H groups in total. The van der Waals surface area contributed by atoms with Gasteiger partial charge in [0.15, 0.2) is 5.16 Å². The second-order valence-electron chi connectivity index (χ2n) is 4.43. The summed E-state index contributed by atoms with van der Waals surface area (Å²) in [5.74, 6) is 0.674. The topological polar surface area (TPSA) is 46.9 Å². The Morgan fingerprint density at radius 1 is 1.50 bits per heavy atom. The van der Waals surface area contributed by atoms with Crippen LogP contribution < -0.4 is 5.32 Å². The third-order valence-corrected chi connectivity index (χ3v) is 4.11. The number of nitrogens with one attached hydrogen (secondary N) is 1. The summed E-state index contributed by atoms with van der Waals surface area (Å²) in [6.07, 6.45) is 4.07. The number of benzene rings is 1. The Labute approximate surface area is 127 Å². The van der Waals surface area contributed by atoms with Crippen LogP contribution in [0.5, 0.6) is 0 Å². The Morgan fingerprint density at radius 3 is 3.00 bits per heavy atom. The predicted octanol–water partition coefficient (Wildman–Crippen LogP) is 3.50. The van der Waals surface area contributed by atoms with Crippen molar-refractivity contribution in [2.24, 2.45) is 7.05 Å². The average molecular weight is 310 g/mol. The molecule has 2 rings (SSSR count). The van der Waals surface area contributed by atoms with Gasteiger partial charge in [-0.1, -0.05) is 29.4 Å². The standard InChI is InChI=1S/C14H16ClN3OS/c1-10-3-4-11(15)9-12(10)17-13(19)5-8-20-14-16-6-7-18(14)2/h3-4,6-7,9H,5,8H2,1-2H3,(H,17,19). The van der Waals surface area contributed by atoms with E-state index in [9.17, 15) is 4.79 Å². The lowest BCUT2D eigenvalue weighted by Gasteiger charge is -2.08. The van der Waals surface area contributed by atoms with Crippen LogP contribution in [0.4, 0.5) is 5.69 Å². The summed E-state index contributed by atoms with van der Waals surface area (Å²) >= 11 is 7.49. The number of aryl methyl sites for hydroxylation is 2. The van der Waals surface area contributed by atoms with E-state index in [0.29, 0.717) is 17.2 Å². The molecular formula is C14H16ClN3OS. The number of thioether (sulfide) groups is 1. The molecule has 1 heterocycles. The normalized spacial score (nSPS) is 10.6. The number of anilines is 1. The highest BCUT2D eigenvalue weighted by Crippen LogP contribution is 2.21. The minimum absolute atomic E-state index is 0.0166. The number of carbonyl (C=O) groups is 1. The zero-order valence-corrected chi connectivity index (χ0v) is 13.0. The van der Waals surface area contributed by atoms with Gasteiger partial charge in [0.25, 0.3) is 0 Å². The average Bonchev–Trinajstić information content (AvgIpc) is 2.80. The summed E-state index contributed by atoms with van der Waals surface area (Å²) in [6.45, 7) is 1.94. The third kappa shape index (κ3) is 4.02. The second-order valence-corrected chi connectivity index (χ2v) is 5.93. The van der Waals surface area contributed by atoms with Crippen molar-refractivity contribution >= 4 is 35.0 Å². The van der Waals surface area contributed by atoms with Gasteiger partial charge in [0.05, 0.1) is 0 Å². The Kier molecular flexibility index (Phi) is 5.09. The molecule has 6 heteroatoms. The van der Waals surface area contributed by atoms with Crippen LogP contribution in [-0.2, 0) is 11.8 Å². The predicted molar refractivity (Wildman–Crippen MR) is 83.4 cm³/mol. The molecule has 106 valence electrons. The molecule has 2 aromatic rings. The van der Waals surface area contributed by atoms with Crippen molar-refractivity contribution in [3.8, 4) is 0 Å². The van der Waals surface area contributed by atoms with Crippen molar-refractivity contribution in [3.05, 3.63) is 41.2 Å². The number of imidazole rings is 1. The van der Waals surface area contributed by atoms with E-state index in [2.05, 4.69) is 10.3 Å². The molecule has 20 heavy (non-hydrogen) atoms. The molecule has 0 aliphatic rings. The smallest absolute Gasteiger partial charge is 0.225 e. The van der Waals surface area contributed by atoms with Crippen molar-refractivity contribution in [2.45, 2.75) is 18.5 Å².